The first-order valence-corrected chi connectivity index (χ1v) is 7.04. The monoisotopic (exact) mass is 264 g/mol. The maximum Gasteiger partial charge on any atom is 0.0642 e. The third kappa shape index (κ3) is 6.08. The van der Waals surface area contributed by atoms with Gasteiger partial charge in [-0.1, -0.05) is 26.0 Å². The molecule has 0 radical (unpaired) electrons. The molecule has 0 N–H and O–H groups in total. The molecule has 0 bridgehead atoms. The summed E-state index contributed by atoms with van der Waals surface area (Å²) in [4.78, 5) is 4.38. The lowest BCUT2D eigenvalue weighted by molar-refractivity contribution is 0.122. The molecule has 1 saturated heterocycles. The van der Waals surface area contributed by atoms with Crippen molar-refractivity contribution in [3.8, 4) is 0 Å². The second-order valence-electron chi connectivity index (χ2n) is 5.69. The van der Waals surface area contributed by atoms with Crippen molar-refractivity contribution in [3.05, 3.63) is 29.8 Å². The van der Waals surface area contributed by atoms with E-state index in [9.17, 15) is 0 Å². The van der Waals surface area contributed by atoms with Gasteiger partial charge < -0.3 is 14.5 Å². The highest BCUT2D eigenvalue weighted by Crippen LogP contribution is 2.20. The van der Waals surface area contributed by atoms with Crippen LogP contribution in [-0.2, 0) is 4.74 Å². The second-order valence-corrected chi connectivity index (χ2v) is 5.69. The van der Waals surface area contributed by atoms with E-state index in [0.717, 1.165) is 26.3 Å². The molecule has 0 amide bonds. The topological polar surface area (TPSA) is 15.7 Å². The van der Waals surface area contributed by atoms with Gasteiger partial charge in [0, 0.05) is 18.8 Å². The summed E-state index contributed by atoms with van der Waals surface area (Å²) >= 11 is 0. The van der Waals surface area contributed by atoms with Crippen LogP contribution in [0, 0.1) is 0 Å². The molecule has 3 nitrogen and oxygen atoms in total. The second kappa shape index (κ2) is 8.18. The molecule has 1 aliphatic heterocycles. The number of ether oxygens (including phenoxy) is 1. The van der Waals surface area contributed by atoms with E-state index in [2.05, 4.69) is 43.0 Å². The number of benzene rings is 1. The van der Waals surface area contributed by atoms with Crippen molar-refractivity contribution in [2.24, 2.45) is 0 Å². The van der Waals surface area contributed by atoms with Crippen LogP contribution < -0.4 is 4.90 Å². The van der Waals surface area contributed by atoms with E-state index in [4.69, 9.17) is 4.74 Å². The van der Waals surface area contributed by atoms with Gasteiger partial charge in [0.05, 0.1) is 13.2 Å². The van der Waals surface area contributed by atoms with E-state index >= 15 is 0 Å². The van der Waals surface area contributed by atoms with Gasteiger partial charge in [0.25, 0.3) is 0 Å². The van der Waals surface area contributed by atoms with E-state index in [0.29, 0.717) is 5.92 Å². The molecular formula is C16H28N2O. The van der Waals surface area contributed by atoms with Crippen molar-refractivity contribution in [2.45, 2.75) is 19.8 Å². The molecule has 1 heterocycles. The first kappa shape index (κ1) is 16.0. The SMILES string of the molecule is CC(C)c1ccc(N2CCOCC2)cc1.CN(C)C. The van der Waals surface area contributed by atoms with Crippen LogP contribution in [0.15, 0.2) is 24.3 Å². The zero-order chi connectivity index (χ0) is 14.3. The van der Waals surface area contributed by atoms with Gasteiger partial charge in [-0.3, -0.25) is 0 Å². The zero-order valence-electron chi connectivity index (χ0n) is 13.0. The highest BCUT2D eigenvalue weighted by molar-refractivity contribution is 5.48. The number of anilines is 1. The van der Waals surface area contributed by atoms with E-state index in [1.165, 1.54) is 11.3 Å². The molecule has 0 aliphatic carbocycles. The normalized spacial score (nSPS) is 15.4. The summed E-state index contributed by atoms with van der Waals surface area (Å²) in [7, 11) is 6.00. The van der Waals surface area contributed by atoms with Gasteiger partial charge in [-0.05, 0) is 44.8 Å². The maximum absolute atomic E-state index is 5.34. The lowest BCUT2D eigenvalue weighted by atomic mass is 10.0. The molecule has 0 spiro atoms. The van der Waals surface area contributed by atoms with Crippen LogP contribution in [0.25, 0.3) is 0 Å². The molecule has 0 saturated carbocycles. The van der Waals surface area contributed by atoms with Crippen molar-refractivity contribution in [1.82, 2.24) is 4.90 Å². The van der Waals surface area contributed by atoms with E-state index in [-0.39, 0.29) is 0 Å². The van der Waals surface area contributed by atoms with Crippen LogP contribution in [0.2, 0.25) is 0 Å². The van der Waals surface area contributed by atoms with Crippen LogP contribution in [0.5, 0.6) is 0 Å². The minimum Gasteiger partial charge on any atom is -0.378 e. The lowest BCUT2D eigenvalue weighted by Gasteiger charge is -2.29. The Morgan fingerprint density at radius 2 is 1.47 bits per heavy atom. The predicted molar refractivity (Wildman–Crippen MR) is 83.2 cm³/mol. The number of hydrogen-bond acceptors (Lipinski definition) is 3. The highest BCUT2D eigenvalue weighted by atomic mass is 16.5. The van der Waals surface area contributed by atoms with E-state index in [1.54, 1.807) is 0 Å². The standard InChI is InChI=1S/C13H19NO.C3H9N/c1-11(2)12-3-5-13(6-4-12)14-7-9-15-10-8-14;1-4(2)3/h3-6,11H,7-10H2,1-2H3;1-3H3. The number of rotatable bonds is 2. The van der Waals surface area contributed by atoms with E-state index in [1.807, 2.05) is 26.0 Å². The Morgan fingerprint density at radius 1 is 1.00 bits per heavy atom. The summed E-state index contributed by atoms with van der Waals surface area (Å²) in [5.74, 6) is 0.615. The first-order chi connectivity index (χ1) is 9.00. The van der Waals surface area contributed by atoms with Gasteiger partial charge in [0.1, 0.15) is 0 Å². The van der Waals surface area contributed by atoms with Crippen LogP contribution >= 0.6 is 0 Å². The van der Waals surface area contributed by atoms with Crippen molar-refractivity contribution in [3.63, 3.8) is 0 Å². The van der Waals surface area contributed by atoms with Gasteiger partial charge in [-0.2, -0.15) is 0 Å². The van der Waals surface area contributed by atoms with Gasteiger partial charge in [0.15, 0.2) is 0 Å². The fraction of sp³-hybridized carbons (Fsp3) is 0.625. The molecule has 108 valence electrons. The fourth-order valence-electron chi connectivity index (χ4n) is 1.89. The molecule has 1 aliphatic rings. The van der Waals surface area contributed by atoms with Gasteiger partial charge in [-0.15, -0.1) is 0 Å². The average Bonchev–Trinajstić information content (AvgIpc) is 2.39. The van der Waals surface area contributed by atoms with Crippen LogP contribution in [0.3, 0.4) is 0 Å². The average molecular weight is 264 g/mol. The van der Waals surface area contributed by atoms with Crippen molar-refractivity contribution in [2.75, 3.05) is 52.3 Å². The molecule has 1 fully saturated rings. The number of hydrogen-bond donors (Lipinski definition) is 0. The molecule has 1 aromatic rings. The quantitative estimate of drug-likeness (QED) is 0.817. The molecular weight excluding hydrogens is 236 g/mol. The fourth-order valence-corrected chi connectivity index (χ4v) is 1.89. The Labute approximate surface area is 118 Å². The first-order valence-electron chi connectivity index (χ1n) is 7.04. The molecule has 19 heavy (non-hydrogen) atoms. The maximum atomic E-state index is 5.34. The summed E-state index contributed by atoms with van der Waals surface area (Å²) in [6.07, 6.45) is 0. The van der Waals surface area contributed by atoms with Crippen LogP contribution in [0.4, 0.5) is 5.69 Å². The summed E-state index contributed by atoms with van der Waals surface area (Å²) in [5, 5.41) is 0. The van der Waals surface area contributed by atoms with Gasteiger partial charge in [0.2, 0.25) is 0 Å². The van der Waals surface area contributed by atoms with Crippen molar-refractivity contribution >= 4 is 5.69 Å². The van der Waals surface area contributed by atoms with Gasteiger partial charge in [-0.25, -0.2) is 0 Å². The van der Waals surface area contributed by atoms with Gasteiger partial charge >= 0.3 is 0 Å². The van der Waals surface area contributed by atoms with Crippen molar-refractivity contribution in [1.29, 1.82) is 0 Å². The van der Waals surface area contributed by atoms with E-state index < -0.39 is 0 Å². The Morgan fingerprint density at radius 3 is 1.89 bits per heavy atom. The third-order valence-corrected chi connectivity index (χ3v) is 2.94. The molecule has 0 unspecified atom stereocenters. The molecule has 0 aromatic heterocycles. The predicted octanol–water partition coefficient (Wildman–Crippen LogP) is 2.82. The summed E-state index contributed by atoms with van der Waals surface area (Å²) in [6, 6.07) is 8.91. The smallest absolute Gasteiger partial charge is 0.0642 e. The zero-order valence-corrected chi connectivity index (χ0v) is 13.0. The Kier molecular flexibility index (Phi) is 6.89. The minimum atomic E-state index is 0.615. The molecule has 0 atom stereocenters. The summed E-state index contributed by atoms with van der Waals surface area (Å²) < 4.78 is 5.34. The Balaban J connectivity index is 0.000000399. The molecule has 1 aromatic carbocycles. The summed E-state index contributed by atoms with van der Waals surface area (Å²) in [5.41, 5.74) is 2.73. The third-order valence-electron chi connectivity index (χ3n) is 2.94. The van der Waals surface area contributed by atoms with Crippen molar-refractivity contribution < 1.29 is 4.74 Å². The molecule has 3 heteroatoms. The lowest BCUT2D eigenvalue weighted by Crippen LogP contribution is -2.36. The largest absolute Gasteiger partial charge is 0.378 e. The minimum absolute atomic E-state index is 0.615. The summed E-state index contributed by atoms with van der Waals surface area (Å²) in [6.45, 7) is 8.19. The Bertz CT molecular complexity index is 338. The highest BCUT2D eigenvalue weighted by Gasteiger charge is 2.10. The van der Waals surface area contributed by atoms with Crippen LogP contribution in [-0.4, -0.2) is 52.3 Å². The number of nitrogens with zero attached hydrogens (tertiary/aromatic N) is 2. The number of morpholine rings is 1. The van der Waals surface area contributed by atoms with Crippen LogP contribution in [0.1, 0.15) is 25.3 Å². The Hall–Kier alpha value is -1.06. The molecule has 2 rings (SSSR count).